The molecule has 2 rings (SSSR count). The number of ether oxygens (including phenoxy) is 1. The van der Waals surface area contributed by atoms with Gasteiger partial charge in [-0.25, -0.2) is 4.39 Å². The van der Waals surface area contributed by atoms with Crippen molar-refractivity contribution in [3.05, 3.63) is 62.8 Å². The third-order valence-corrected chi connectivity index (χ3v) is 3.24. The Labute approximate surface area is 130 Å². The highest BCUT2D eigenvalue weighted by atomic mass is 35.5. The van der Waals surface area contributed by atoms with Crippen molar-refractivity contribution in [2.24, 2.45) is 0 Å². The predicted octanol–water partition coefficient (Wildman–Crippen LogP) is 5.05. The fraction of sp³-hybridized carbons (Fsp3) is 0.0714. The summed E-state index contributed by atoms with van der Waals surface area (Å²) in [4.78, 5) is 11.9. The van der Waals surface area contributed by atoms with Crippen LogP contribution in [-0.2, 0) is 0 Å². The van der Waals surface area contributed by atoms with Crippen LogP contribution in [0.5, 0.6) is 5.75 Å². The first-order chi connectivity index (χ1) is 9.47. The molecule has 0 spiro atoms. The number of rotatable bonds is 4. The van der Waals surface area contributed by atoms with Gasteiger partial charge in [0, 0.05) is 10.6 Å². The van der Waals surface area contributed by atoms with Crippen molar-refractivity contribution in [1.82, 2.24) is 0 Å². The third-order valence-electron chi connectivity index (χ3n) is 2.46. The van der Waals surface area contributed by atoms with E-state index in [1.807, 2.05) is 0 Å². The monoisotopic (exact) mass is 332 g/mol. The molecule has 0 saturated carbocycles. The molecule has 20 heavy (non-hydrogen) atoms. The maximum atomic E-state index is 13.0. The first kappa shape index (κ1) is 15.1. The quantitative estimate of drug-likeness (QED) is 0.732. The standard InChI is InChI=1S/C14H8Cl3FO2/c15-9-5-11(16)14(12(17)6-9)20-7-13(19)8-2-1-3-10(18)4-8/h1-6H,7H2. The molecule has 0 atom stereocenters. The van der Waals surface area contributed by atoms with Gasteiger partial charge in [0.1, 0.15) is 5.82 Å². The second kappa shape index (κ2) is 6.44. The van der Waals surface area contributed by atoms with Crippen LogP contribution in [0.3, 0.4) is 0 Å². The summed E-state index contributed by atoms with van der Waals surface area (Å²) < 4.78 is 18.3. The smallest absolute Gasteiger partial charge is 0.200 e. The summed E-state index contributed by atoms with van der Waals surface area (Å²) in [6.07, 6.45) is 0. The summed E-state index contributed by atoms with van der Waals surface area (Å²) in [7, 11) is 0. The molecule has 0 aliphatic heterocycles. The zero-order valence-corrected chi connectivity index (χ0v) is 12.3. The van der Waals surface area contributed by atoms with Crippen molar-refractivity contribution in [3.63, 3.8) is 0 Å². The molecule has 0 fully saturated rings. The molecule has 0 amide bonds. The van der Waals surface area contributed by atoms with E-state index in [4.69, 9.17) is 39.5 Å². The Morgan fingerprint density at radius 3 is 2.35 bits per heavy atom. The number of hydrogen-bond donors (Lipinski definition) is 0. The second-order valence-electron chi connectivity index (χ2n) is 3.92. The molecule has 0 radical (unpaired) electrons. The van der Waals surface area contributed by atoms with Crippen LogP contribution in [0.15, 0.2) is 36.4 Å². The largest absolute Gasteiger partial charge is 0.482 e. The molecule has 2 aromatic rings. The topological polar surface area (TPSA) is 26.3 Å². The molecule has 0 heterocycles. The zero-order chi connectivity index (χ0) is 14.7. The van der Waals surface area contributed by atoms with Gasteiger partial charge in [-0.15, -0.1) is 0 Å². The molecule has 0 aliphatic rings. The van der Waals surface area contributed by atoms with Gasteiger partial charge in [-0.3, -0.25) is 4.79 Å². The van der Waals surface area contributed by atoms with E-state index in [1.54, 1.807) is 0 Å². The van der Waals surface area contributed by atoms with Gasteiger partial charge in [-0.2, -0.15) is 0 Å². The molecular weight excluding hydrogens is 326 g/mol. The zero-order valence-electron chi connectivity index (χ0n) is 10.00. The average molecular weight is 334 g/mol. The van der Waals surface area contributed by atoms with Crippen molar-refractivity contribution in [2.75, 3.05) is 6.61 Å². The number of benzene rings is 2. The van der Waals surface area contributed by atoms with Crippen LogP contribution in [-0.4, -0.2) is 12.4 Å². The van der Waals surface area contributed by atoms with Gasteiger partial charge in [0.05, 0.1) is 10.0 Å². The van der Waals surface area contributed by atoms with E-state index in [0.29, 0.717) is 5.02 Å². The molecule has 2 nitrogen and oxygen atoms in total. The van der Waals surface area contributed by atoms with E-state index < -0.39 is 5.82 Å². The van der Waals surface area contributed by atoms with E-state index >= 15 is 0 Å². The van der Waals surface area contributed by atoms with Crippen molar-refractivity contribution >= 4 is 40.6 Å². The van der Waals surface area contributed by atoms with Crippen LogP contribution in [0.1, 0.15) is 10.4 Å². The highest BCUT2D eigenvalue weighted by Gasteiger charge is 2.13. The lowest BCUT2D eigenvalue weighted by atomic mass is 10.1. The van der Waals surface area contributed by atoms with Gasteiger partial charge >= 0.3 is 0 Å². The van der Waals surface area contributed by atoms with E-state index in [0.717, 1.165) is 6.07 Å². The lowest BCUT2D eigenvalue weighted by molar-refractivity contribution is 0.0921. The Morgan fingerprint density at radius 2 is 1.75 bits per heavy atom. The minimum Gasteiger partial charge on any atom is -0.482 e. The predicted molar refractivity (Wildman–Crippen MR) is 77.7 cm³/mol. The third kappa shape index (κ3) is 3.63. The van der Waals surface area contributed by atoms with Crippen LogP contribution in [0.2, 0.25) is 15.1 Å². The number of carbonyl (C=O) groups is 1. The highest BCUT2D eigenvalue weighted by molar-refractivity contribution is 6.40. The van der Waals surface area contributed by atoms with Crippen LogP contribution >= 0.6 is 34.8 Å². The maximum absolute atomic E-state index is 13.0. The number of halogens is 4. The van der Waals surface area contributed by atoms with Crippen LogP contribution in [0.4, 0.5) is 4.39 Å². The Morgan fingerprint density at radius 1 is 1.10 bits per heavy atom. The molecule has 6 heteroatoms. The van der Waals surface area contributed by atoms with Crippen molar-refractivity contribution in [1.29, 1.82) is 0 Å². The fourth-order valence-electron chi connectivity index (χ4n) is 1.55. The molecule has 0 saturated heterocycles. The first-order valence-corrected chi connectivity index (χ1v) is 6.67. The summed E-state index contributed by atoms with van der Waals surface area (Å²) in [5.41, 5.74) is 0.214. The molecule has 0 unspecified atom stereocenters. The Balaban J connectivity index is 2.11. The van der Waals surface area contributed by atoms with Crippen LogP contribution in [0, 0.1) is 5.82 Å². The molecule has 0 N–H and O–H groups in total. The summed E-state index contributed by atoms with van der Waals surface area (Å²) >= 11 is 17.6. The Bertz CT molecular complexity index is 636. The summed E-state index contributed by atoms with van der Waals surface area (Å²) in [5, 5.41) is 0.771. The first-order valence-electron chi connectivity index (χ1n) is 5.53. The summed E-state index contributed by atoms with van der Waals surface area (Å²) in [6, 6.07) is 8.25. The fourth-order valence-corrected chi connectivity index (χ4v) is 2.48. The number of carbonyl (C=O) groups excluding carboxylic acids is 1. The number of ketones is 1. The lowest BCUT2D eigenvalue weighted by Crippen LogP contribution is -2.12. The van der Waals surface area contributed by atoms with Crippen molar-refractivity contribution in [3.8, 4) is 5.75 Å². The SMILES string of the molecule is O=C(COc1c(Cl)cc(Cl)cc1Cl)c1cccc(F)c1. The van der Waals surface area contributed by atoms with E-state index in [9.17, 15) is 9.18 Å². The van der Waals surface area contributed by atoms with Gasteiger partial charge in [0.15, 0.2) is 18.1 Å². The van der Waals surface area contributed by atoms with Gasteiger partial charge in [-0.1, -0.05) is 46.9 Å². The van der Waals surface area contributed by atoms with Gasteiger partial charge in [0.25, 0.3) is 0 Å². The molecule has 0 bridgehead atoms. The maximum Gasteiger partial charge on any atom is 0.200 e. The van der Waals surface area contributed by atoms with Crippen molar-refractivity contribution in [2.45, 2.75) is 0 Å². The van der Waals surface area contributed by atoms with E-state index in [2.05, 4.69) is 0 Å². The van der Waals surface area contributed by atoms with Gasteiger partial charge in [-0.05, 0) is 24.3 Å². The van der Waals surface area contributed by atoms with E-state index in [1.165, 1.54) is 30.3 Å². The minimum absolute atomic E-state index is 0.169. The minimum atomic E-state index is -0.488. The molecule has 0 aromatic heterocycles. The highest BCUT2D eigenvalue weighted by Crippen LogP contribution is 2.35. The number of Topliss-reactive ketones (excluding diaryl/α,β-unsaturated/α-hetero) is 1. The summed E-state index contributed by atoms with van der Waals surface area (Å²) in [6.45, 7) is -0.301. The van der Waals surface area contributed by atoms with Crippen LogP contribution in [0.25, 0.3) is 0 Å². The average Bonchev–Trinajstić information content (AvgIpc) is 2.37. The molecular formula is C14H8Cl3FO2. The molecule has 104 valence electrons. The Hall–Kier alpha value is -1.29. The van der Waals surface area contributed by atoms with Crippen LogP contribution < -0.4 is 4.74 Å². The summed E-state index contributed by atoms with van der Waals surface area (Å²) in [5.74, 6) is -0.701. The van der Waals surface area contributed by atoms with E-state index in [-0.39, 0.29) is 33.7 Å². The van der Waals surface area contributed by atoms with Gasteiger partial charge in [0.2, 0.25) is 0 Å². The van der Waals surface area contributed by atoms with Gasteiger partial charge < -0.3 is 4.74 Å². The number of hydrogen-bond acceptors (Lipinski definition) is 2. The normalized spacial score (nSPS) is 10.4. The lowest BCUT2D eigenvalue weighted by Gasteiger charge is -2.09. The Kier molecular flexibility index (Phi) is 4.86. The molecule has 2 aromatic carbocycles. The molecule has 0 aliphatic carbocycles. The second-order valence-corrected chi connectivity index (χ2v) is 5.17. The van der Waals surface area contributed by atoms with Crippen molar-refractivity contribution < 1.29 is 13.9 Å².